The molecule has 0 radical (unpaired) electrons. The fourth-order valence-corrected chi connectivity index (χ4v) is 3.28. The van der Waals surface area contributed by atoms with Gasteiger partial charge in [0.1, 0.15) is 0 Å². The van der Waals surface area contributed by atoms with Crippen molar-refractivity contribution >= 4 is 11.3 Å². The summed E-state index contributed by atoms with van der Waals surface area (Å²) in [6, 6.07) is 4.45. The summed E-state index contributed by atoms with van der Waals surface area (Å²) < 4.78 is 0. The first-order valence-corrected chi connectivity index (χ1v) is 6.96. The van der Waals surface area contributed by atoms with Crippen LogP contribution in [0.15, 0.2) is 17.5 Å². The van der Waals surface area contributed by atoms with Gasteiger partial charge in [0.25, 0.3) is 0 Å². The molecule has 1 nitrogen and oxygen atoms in total. The third-order valence-electron chi connectivity index (χ3n) is 3.47. The van der Waals surface area contributed by atoms with E-state index >= 15 is 0 Å². The standard InChI is InChI=1S/C13H21NS/c1-2-8-14-11-13(6-4-7-13)10-12-5-3-9-15-12/h3,5,9,14H,2,4,6-8,10-11H2,1H3. The summed E-state index contributed by atoms with van der Waals surface area (Å²) >= 11 is 1.91. The van der Waals surface area contributed by atoms with Crippen molar-refractivity contribution in [3.05, 3.63) is 22.4 Å². The zero-order valence-electron chi connectivity index (χ0n) is 9.59. The molecule has 0 spiro atoms. The van der Waals surface area contributed by atoms with E-state index in [1.54, 1.807) is 4.88 Å². The molecule has 1 aliphatic carbocycles. The van der Waals surface area contributed by atoms with E-state index in [1.165, 1.54) is 45.2 Å². The largest absolute Gasteiger partial charge is 0.316 e. The van der Waals surface area contributed by atoms with Gasteiger partial charge in [0.05, 0.1) is 0 Å². The number of rotatable bonds is 6. The first-order valence-electron chi connectivity index (χ1n) is 6.08. The van der Waals surface area contributed by atoms with Gasteiger partial charge in [0, 0.05) is 11.4 Å². The lowest BCUT2D eigenvalue weighted by atomic mass is 9.66. The molecule has 0 saturated heterocycles. The second-order valence-electron chi connectivity index (χ2n) is 4.79. The van der Waals surface area contributed by atoms with Crippen LogP contribution in [0.4, 0.5) is 0 Å². The number of hydrogen-bond donors (Lipinski definition) is 1. The van der Waals surface area contributed by atoms with Crippen molar-refractivity contribution in [2.75, 3.05) is 13.1 Å². The highest BCUT2D eigenvalue weighted by atomic mass is 32.1. The van der Waals surface area contributed by atoms with E-state index in [1.807, 2.05) is 11.3 Å². The van der Waals surface area contributed by atoms with Crippen LogP contribution in [0.3, 0.4) is 0 Å². The van der Waals surface area contributed by atoms with Gasteiger partial charge < -0.3 is 5.32 Å². The minimum atomic E-state index is 0.597. The monoisotopic (exact) mass is 223 g/mol. The van der Waals surface area contributed by atoms with E-state index in [0.717, 1.165) is 0 Å². The zero-order chi connectivity index (χ0) is 10.6. The first-order chi connectivity index (χ1) is 7.35. The van der Waals surface area contributed by atoms with E-state index in [9.17, 15) is 0 Å². The number of thiophene rings is 1. The summed E-state index contributed by atoms with van der Waals surface area (Å²) in [6.45, 7) is 4.63. The lowest BCUT2D eigenvalue weighted by molar-refractivity contribution is 0.131. The van der Waals surface area contributed by atoms with Crippen LogP contribution in [-0.2, 0) is 6.42 Å². The smallest absolute Gasteiger partial charge is 0.00512 e. The summed E-state index contributed by atoms with van der Waals surface area (Å²) in [5.74, 6) is 0. The van der Waals surface area contributed by atoms with Crippen LogP contribution in [-0.4, -0.2) is 13.1 Å². The van der Waals surface area contributed by atoms with Gasteiger partial charge in [-0.25, -0.2) is 0 Å². The Morgan fingerprint density at radius 2 is 2.33 bits per heavy atom. The predicted molar refractivity (Wildman–Crippen MR) is 67.5 cm³/mol. The molecule has 1 aromatic rings. The lowest BCUT2D eigenvalue weighted by Crippen LogP contribution is -2.41. The Hall–Kier alpha value is -0.340. The molecule has 1 fully saturated rings. The third-order valence-corrected chi connectivity index (χ3v) is 4.35. The fourth-order valence-electron chi connectivity index (χ4n) is 2.41. The summed E-state index contributed by atoms with van der Waals surface area (Å²) in [7, 11) is 0. The van der Waals surface area contributed by atoms with Crippen LogP contribution >= 0.6 is 11.3 Å². The minimum Gasteiger partial charge on any atom is -0.316 e. The van der Waals surface area contributed by atoms with Gasteiger partial charge >= 0.3 is 0 Å². The van der Waals surface area contributed by atoms with Gasteiger partial charge in [-0.2, -0.15) is 0 Å². The maximum Gasteiger partial charge on any atom is 0.00512 e. The summed E-state index contributed by atoms with van der Waals surface area (Å²) in [4.78, 5) is 1.56. The lowest BCUT2D eigenvalue weighted by Gasteiger charge is -2.42. The summed E-state index contributed by atoms with van der Waals surface area (Å²) in [6.07, 6.45) is 6.80. The van der Waals surface area contributed by atoms with Crippen LogP contribution in [0.25, 0.3) is 0 Å². The highest BCUT2D eigenvalue weighted by Crippen LogP contribution is 2.43. The molecular weight excluding hydrogens is 202 g/mol. The second kappa shape index (κ2) is 5.13. The van der Waals surface area contributed by atoms with Crippen LogP contribution < -0.4 is 5.32 Å². The van der Waals surface area contributed by atoms with E-state index in [2.05, 4.69) is 29.8 Å². The van der Waals surface area contributed by atoms with Crippen molar-refractivity contribution in [2.24, 2.45) is 5.41 Å². The Morgan fingerprint density at radius 3 is 2.87 bits per heavy atom. The first kappa shape index (κ1) is 11.2. The highest BCUT2D eigenvalue weighted by molar-refractivity contribution is 7.09. The van der Waals surface area contributed by atoms with Crippen molar-refractivity contribution in [2.45, 2.75) is 39.0 Å². The second-order valence-corrected chi connectivity index (χ2v) is 5.82. The average Bonchev–Trinajstić information content (AvgIpc) is 2.66. The Balaban J connectivity index is 1.85. The molecule has 0 unspecified atom stereocenters. The van der Waals surface area contributed by atoms with Crippen molar-refractivity contribution < 1.29 is 0 Å². The van der Waals surface area contributed by atoms with E-state index < -0.39 is 0 Å². The van der Waals surface area contributed by atoms with E-state index in [4.69, 9.17) is 0 Å². The van der Waals surface area contributed by atoms with E-state index in [0.29, 0.717) is 5.41 Å². The third kappa shape index (κ3) is 2.82. The Morgan fingerprint density at radius 1 is 1.47 bits per heavy atom. The molecule has 0 aromatic carbocycles. The molecule has 0 aliphatic heterocycles. The Labute approximate surface area is 96.9 Å². The topological polar surface area (TPSA) is 12.0 Å². The fraction of sp³-hybridized carbons (Fsp3) is 0.692. The van der Waals surface area contributed by atoms with Crippen LogP contribution in [0, 0.1) is 5.41 Å². The molecule has 1 aliphatic rings. The van der Waals surface area contributed by atoms with Crippen molar-refractivity contribution in [1.29, 1.82) is 0 Å². The average molecular weight is 223 g/mol. The molecule has 0 bridgehead atoms. The van der Waals surface area contributed by atoms with Gasteiger partial charge in [-0.15, -0.1) is 11.3 Å². The molecule has 0 atom stereocenters. The van der Waals surface area contributed by atoms with Gasteiger partial charge in [-0.1, -0.05) is 19.4 Å². The molecule has 15 heavy (non-hydrogen) atoms. The maximum absolute atomic E-state index is 3.59. The van der Waals surface area contributed by atoms with Crippen LogP contribution in [0.2, 0.25) is 0 Å². The molecule has 2 rings (SSSR count). The molecule has 1 heterocycles. The van der Waals surface area contributed by atoms with Crippen LogP contribution in [0.5, 0.6) is 0 Å². The highest BCUT2D eigenvalue weighted by Gasteiger charge is 2.36. The number of hydrogen-bond acceptors (Lipinski definition) is 2. The summed E-state index contributed by atoms with van der Waals surface area (Å²) in [5.41, 5.74) is 0.597. The normalized spacial score (nSPS) is 18.7. The minimum absolute atomic E-state index is 0.597. The number of nitrogens with one attached hydrogen (secondary N) is 1. The predicted octanol–water partition coefficient (Wildman–Crippen LogP) is 3.46. The maximum atomic E-state index is 3.59. The molecule has 0 amide bonds. The van der Waals surface area contributed by atoms with Gasteiger partial charge in [0.2, 0.25) is 0 Å². The van der Waals surface area contributed by atoms with Crippen molar-refractivity contribution in [3.63, 3.8) is 0 Å². The van der Waals surface area contributed by atoms with Gasteiger partial charge in [-0.3, -0.25) is 0 Å². The summed E-state index contributed by atoms with van der Waals surface area (Å²) in [5, 5.41) is 5.79. The van der Waals surface area contributed by atoms with Gasteiger partial charge in [-0.05, 0) is 49.1 Å². The Kier molecular flexibility index (Phi) is 3.81. The van der Waals surface area contributed by atoms with E-state index in [-0.39, 0.29) is 0 Å². The van der Waals surface area contributed by atoms with Crippen molar-refractivity contribution in [1.82, 2.24) is 5.32 Å². The quantitative estimate of drug-likeness (QED) is 0.728. The van der Waals surface area contributed by atoms with Gasteiger partial charge in [0.15, 0.2) is 0 Å². The van der Waals surface area contributed by atoms with Crippen molar-refractivity contribution in [3.8, 4) is 0 Å². The van der Waals surface area contributed by atoms with Crippen LogP contribution in [0.1, 0.15) is 37.5 Å². The zero-order valence-corrected chi connectivity index (χ0v) is 10.4. The molecule has 84 valence electrons. The molecular formula is C13H21NS. The Bertz CT molecular complexity index is 275. The molecule has 1 aromatic heterocycles. The molecule has 1 saturated carbocycles. The molecule has 2 heteroatoms. The SMILES string of the molecule is CCCNCC1(Cc2cccs2)CCC1. The molecule has 1 N–H and O–H groups in total.